The molecule has 0 spiro atoms. The fourth-order valence-corrected chi connectivity index (χ4v) is 3.10. The third kappa shape index (κ3) is 2.41. The Morgan fingerprint density at radius 3 is 2.58 bits per heavy atom. The van der Waals surface area contributed by atoms with Crippen molar-refractivity contribution in [3.63, 3.8) is 0 Å². The van der Waals surface area contributed by atoms with Crippen LogP contribution < -0.4 is 5.73 Å². The summed E-state index contributed by atoms with van der Waals surface area (Å²) >= 11 is 0. The second kappa shape index (κ2) is 4.78. The average molecular weight is 252 g/mol. The topological polar surface area (TPSA) is 38.9 Å². The second-order valence-corrected chi connectivity index (χ2v) is 5.63. The van der Waals surface area contributed by atoms with Gasteiger partial charge in [0, 0.05) is 17.4 Å². The summed E-state index contributed by atoms with van der Waals surface area (Å²) in [6.45, 7) is 4.06. The molecular formula is C17H20N2. The summed E-state index contributed by atoms with van der Waals surface area (Å²) in [6, 6.07) is 13.0. The van der Waals surface area contributed by atoms with Gasteiger partial charge in [0.05, 0.1) is 0 Å². The molecule has 1 aliphatic carbocycles. The second-order valence-electron chi connectivity index (χ2n) is 5.63. The highest BCUT2D eigenvalue weighted by atomic mass is 14.7. The Morgan fingerprint density at radius 2 is 1.89 bits per heavy atom. The molecule has 0 amide bonds. The lowest BCUT2D eigenvalue weighted by atomic mass is 9.74. The molecule has 0 saturated carbocycles. The summed E-state index contributed by atoms with van der Waals surface area (Å²) in [7, 11) is 0. The number of rotatable bonds is 3. The maximum atomic E-state index is 6.37. The molecule has 19 heavy (non-hydrogen) atoms. The zero-order chi connectivity index (χ0) is 13.4. The van der Waals surface area contributed by atoms with E-state index in [0.717, 1.165) is 17.8 Å². The molecule has 0 aliphatic heterocycles. The summed E-state index contributed by atoms with van der Waals surface area (Å²) in [5, 5.41) is 0. The fourth-order valence-electron chi connectivity index (χ4n) is 3.10. The van der Waals surface area contributed by atoms with Crippen LogP contribution >= 0.6 is 0 Å². The highest BCUT2D eigenvalue weighted by Gasteiger charge is 2.27. The molecule has 2 unspecified atom stereocenters. The van der Waals surface area contributed by atoms with Crippen LogP contribution in [-0.2, 0) is 6.42 Å². The van der Waals surface area contributed by atoms with Crippen LogP contribution in [0, 0.1) is 13.8 Å². The molecule has 2 atom stereocenters. The molecule has 2 heteroatoms. The molecule has 2 nitrogen and oxygen atoms in total. The summed E-state index contributed by atoms with van der Waals surface area (Å²) < 4.78 is 0. The number of benzene rings is 1. The summed E-state index contributed by atoms with van der Waals surface area (Å²) in [5.41, 5.74) is 12.7. The zero-order valence-corrected chi connectivity index (χ0v) is 11.6. The first-order valence-electron chi connectivity index (χ1n) is 6.92. The van der Waals surface area contributed by atoms with Crippen molar-refractivity contribution in [3.05, 3.63) is 64.5 Å². The maximum absolute atomic E-state index is 6.37. The number of hydrogen-bond donors (Lipinski definition) is 1. The number of hydrogen-bond acceptors (Lipinski definition) is 2. The van der Waals surface area contributed by atoms with E-state index in [4.69, 9.17) is 5.73 Å². The maximum Gasteiger partial charge on any atom is 0.0379 e. The van der Waals surface area contributed by atoms with Crippen LogP contribution in [0.2, 0.25) is 0 Å². The Kier molecular flexibility index (Phi) is 3.11. The van der Waals surface area contributed by atoms with Crippen LogP contribution in [0.15, 0.2) is 36.4 Å². The fraction of sp³-hybridized carbons (Fsp3) is 0.353. The zero-order valence-electron chi connectivity index (χ0n) is 11.6. The summed E-state index contributed by atoms with van der Waals surface area (Å²) in [4.78, 5) is 4.41. The first kappa shape index (κ1) is 12.4. The van der Waals surface area contributed by atoms with Gasteiger partial charge in [0.15, 0.2) is 0 Å². The van der Waals surface area contributed by atoms with Gasteiger partial charge in [0.25, 0.3) is 0 Å². The smallest absolute Gasteiger partial charge is 0.0379 e. The molecule has 1 heterocycles. The van der Waals surface area contributed by atoms with E-state index in [-0.39, 0.29) is 6.04 Å². The molecule has 1 aromatic heterocycles. The first-order valence-corrected chi connectivity index (χ1v) is 6.92. The van der Waals surface area contributed by atoms with Gasteiger partial charge in [-0.15, -0.1) is 0 Å². The Morgan fingerprint density at radius 1 is 1.21 bits per heavy atom. The highest BCUT2D eigenvalue weighted by molar-refractivity contribution is 5.40. The van der Waals surface area contributed by atoms with Crippen molar-refractivity contribution >= 4 is 0 Å². The molecule has 3 rings (SSSR count). The molecule has 1 aliphatic rings. The van der Waals surface area contributed by atoms with Gasteiger partial charge in [-0.25, -0.2) is 0 Å². The average Bonchev–Trinajstić information content (AvgIpc) is 2.34. The van der Waals surface area contributed by atoms with Crippen LogP contribution in [0.4, 0.5) is 0 Å². The molecular weight excluding hydrogens is 232 g/mol. The van der Waals surface area contributed by atoms with Crippen molar-refractivity contribution in [2.45, 2.75) is 38.6 Å². The van der Waals surface area contributed by atoms with E-state index >= 15 is 0 Å². The Hall–Kier alpha value is -1.67. The van der Waals surface area contributed by atoms with Crippen LogP contribution in [0.25, 0.3) is 0 Å². The van der Waals surface area contributed by atoms with Crippen LogP contribution in [0.3, 0.4) is 0 Å². The van der Waals surface area contributed by atoms with Crippen LogP contribution in [0.1, 0.15) is 46.5 Å². The van der Waals surface area contributed by atoms with Crippen molar-refractivity contribution in [1.29, 1.82) is 0 Å². The highest BCUT2D eigenvalue weighted by Crippen LogP contribution is 2.40. The first-order chi connectivity index (χ1) is 9.13. The van der Waals surface area contributed by atoms with E-state index in [1.165, 1.54) is 23.1 Å². The third-order valence-corrected chi connectivity index (χ3v) is 4.03. The van der Waals surface area contributed by atoms with Gasteiger partial charge in [-0.3, -0.25) is 4.98 Å². The lowest BCUT2D eigenvalue weighted by molar-refractivity contribution is 0.498. The van der Waals surface area contributed by atoms with Crippen molar-refractivity contribution in [3.8, 4) is 0 Å². The van der Waals surface area contributed by atoms with Crippen LogP contribution in [0.5, 0.6) is 0 Å². The lowest BCUT2D eigenvalue weighted by Crippen LogP contribution is -2.23. The molecule has 2 aromatic rings. The van der Waals surface area contributed by atoms with Gasteiger partial charge in [-0.1, -0.05) is 24.3 Å². The predicted molar refractivity (Wildman–Crippen MR) is 78.1 cm³/mol. The van der Waals surface area contributed by atoms with E-state index in [1.807, 2.05) is 13.8 Å². The minimum absolute atomic E-state index is 0.110. The van der Waals surface area contributed by atoms with E-state index in [1.54, 1.807) is 0 Å². The lowest BCUT2D eigenvalue weighted by Gasteiger charge is -2.32. The Labute approximate surface area is 114 Å². The largest absolute Gasteiger partial charge is 0.324 e. The number of aromatic nitrogens is 1. The van der Waals surface area contributed by atoms with Gasteiger partial charge in [0.2, 0.25) is 0 Å². The SMILES string of the molecule is Cc1cc(C(N)CC2Cc3ccccc32)cc(C)n1. The van der Waals surface area contributed by atoms with E-state index in [0.29, 0.717) is 5.92 Å². The van der Waals surface area contributed by atoms with Gasteiger partial charge in [0.1, 0.15) is 0 Å². The molecule has 0 fully saturated rings. The van der Waals surface area contributed by atoms with Crippen LogP contribution in [-0.4, -0.2) is 4.98 Å². The molecule has 1 aromatic carbocycles. The van der Waals surface area contributed by atoms with Crippen molar-refractivity contribution < 1.29 is 0 Å². The van der Waals surface area contributed by atoms with Gasteiger partial charge in [-0.05, 0) is 61.4 Å². The summed E-state index contributed by atoms with van der Waals surface area (Å²) in [5.74, 6) is 0.625. The molecule has 98 valence electrons. The van der Waals surface area contributed by atoms with E-state index < -0.39 is 0 Å². The molecule has 0 radical (unpaired) electrons. The molecule has 2 N–H and O–H groups in total. The standard InChI is InChI=1S/C17H20N2/c1-11-7-15(8-12(2)19-11)17(18)10-14-9-13-5-3-4-6-16(13)14/h3-8,14,17H,9-10,18H2,1-2H3. The quantitative estimate of drug-likeness (QED) is 0.909. The predicted octanol–water partition coefficient (Wildman–Crippen LogP) is 3.43. The minimum atomic E-state index is 0.110. The normalized spacial score (nSPS) is 18.6. The Bertz CT molecular complexity index is 584. The number of nitrogens with two attached hydrogens (primary N) is 1. The van der Waals surface area contributed by atoms with E-state index in [9.17, 15) is 0 Å². The van der Waals surface area contributed by atoms with Gasteiger partial charge in [-0.2, -0.15) is 0 Å². The van der Waals surface area contributed by atoms with Crippen molar-refractivity contribution in [2.75, 3.05) is 0 Å². The third-order valence-electron chi connectivity index (χ3n) is 4.03. The number of pyridine rings is 1. The molecule has 0 saturated heterocycles. The van der Waals surface area contributed by atoms with Gasteiger partial charge < -0.3 is 5.73 Å². The number of nitrogens with zero attached hydrogens (tertiary/aromatic N) is 1. The monoisotopic (exact) mass is 252 g/mol. The van der Waals surface area contributed by atoms with Crippen molar-refractivity contribution in [2.24, 2.45) is 5.73 Å². The van der Waals surface area contributed by atoms with Gasteiger partial charge >= 0.3 is 0 Å². The molecule has 0 bridgehead atoms. The minimum Gasteiger partial charge on any atom is -0.324 e. The van der Waals surface area contributed by atoms with Crippen molar-refractivity contribution in [1.82, 2.24) is 4.98 Å². The summed E-state index contributed by atoms with van der Waals surface area (Å²) in [6.07, 6.45) is 2.20. The number of fused-ring (bicyclic) bond motifs is 1. The van der Waals surface area contributed by atoms with E-state index in [2.05, 4.69) is 41.4 Å². The Balaban J connectivity index is 1.74. The number of aryl methyl sites for hydroxylation is 2.